The largest absolute Gasteiger partial charge is 0.496 e. The maximum absolute atomic E-state index is 5.68. The quantitative estimate of drug-likeness (QED) is 0.873. The molecule has 2 aromatic rings. The molecule has 1 saturated carbocycles. The number of rotatable bonds is 4. The van der Waals surface area contributed by atoms with E-state index in [1.54, 1.807) is 14.2 Å². The smallest absolute Gasteiger partial charge is 0.123 e. The van der Waals surface area contributed by atoms with Gasteiger partial charge in [-0.05, 0) is 25.0 Å². The first-order valence-corrected chi connectivity index (χ1v) is 9.59. The first-order valence-electron chi connectivity index (χ1n) is 9.59. The fourth-order valence-corrected chi connectivity index (χ4v) is 4.57. The van der Waals surface area contributed by atoms with Crippen LogP contribution in [0.5, 0.6) is 11.5 Å². The summed E-state index contributed by atoms with van der Waals surface area (Å²) in [6.07, 6.45) is 5.05. The lowest BCUT2D eigenvalue weighted by atomic mass is 9.81. The monoisotopic (exact) mass is 352 g/mol. The SMILES string of the molecule is COc1ccccc1[C@H]1N[C@H]2CCCC[C@@H]2N[C@@H]1c1ccccc1OC. The Hall–Kier alpha value is -2.04. The average Bonchev–Trinajstić information content (AvgIpc) is 2.72. The molecule has 0 spiro atoms. The number of hydrogen-bond acceptors (Lipinski definition) is 4. The van der Waals surface area contributed by atoms with Crippen molar-refractivity contribution < 1.29 is 9.47 Å². The van der Waals surface area contributed by atoms with Crippen molar-refractivity contribution in [3.05, 3.63) is 59.7 Å². The molecule has 2 N–H and O–H groups in total. The molecule has 1 aliphatic carbocycles. The van der Waals surface area contributed by atoms with Gasteiger partial charge in [0.05, 0.1) is 26.3 Å². The molecule has 4 atom stereocenters. The fraction of sp³-hybridized carbons (Fsp3) is 0.455. The standard InChI is InChI=1S/C22H28N2O2/c1-25-19-13-7-3-9-15(19)21-22(16-10-4-8-14-20(16)26-2)24-18-12-6-5-11-17(18)23-21/h3-4,7-10,13-14,17-18,21-24H,5-6,11-12H2,1-2H3/t17-,18-,21+,22+/m0/s1. The minimum atomic E-state index is 0.141. The molecule has 1 saturated heterocycles. The van der Waals surface area contributed by atoms with E-state index in [4.69, 9.17) is 9.47 Å². The van der Waals surface area contributed by atoms with Gasteiger partial charge in [-0.15, -0.1) is 0 Å². The van der Waals surface area contributed by atoms with Crippen molar-refractivity contribution in [3.8, 4) is 11.5 Å². The van der Waals surface area contributed by atoms with Crippen molar-refractivity contribution in [1.29, 1.82) is 0 Å². The van der Waals surface area contributed by atoms with Gasteiger partial charge in [0.15, 0.2) is 0 Å². The number of methoxy groups -OCH3 is 2. The van der Waals surface area contributed by atoms with Crippen LogP contribution in [0.4, 0.5) is 0 Å². The first-order chi connectivity index (χ1) is 12.8. The lowest BCUT2D eigenvalue weighted by Crippen LogP contribution is -2.59. The van der Waals surface area contributed by atoms with E-state index in [9.17, 15) is 0 Å². The molecule has 2 aromatic carbocycles. The molecule has 4 heteroatoms. The van der Waals surface area contributed by atoms with Gasteiger partial charge in [-0.3, -0.25) is 0 Å². The minimum absolute atomic E-state index is 0.141. The third-order valence-electron chi connectivity index (χ3n) is 5.83. The summed E-state index contributed by atoms with van der Waals surface area (Å²) >= 11 is 0. The fourth-order valence-electron chi connectivity index (χ4n) is 4.57. The van der Waals surface area contributed by atoms with E-state index in [1.807, 2.05) is 24.3 Å². The highest BCUT2D eigenvalue weighted by Gasteiger charge is 2.40. The number of nitrogens with one attached hydrogen (secondary N) is 2. The third kappa shape index (κ3) is 3.19. The van der Waals surface area contributed by atoms with Gasteiger partial charge in [0, 0.05) is 23.2 Å². The molecule has 1 heterocycles. The van der Waals surface area contributed by atoms with Gasteiger partial charge >= 0.3 is 0 Å². The van der Waals surface area contributed by atoms with Crippen LogP contribution in [0.2, 0.25) is 0 Å². The van der Waals surface area contributed by atoms with Crippen molar-refractivity contribution >= 4 is 0 Å². The van der Waals surface area contributed by atoms with Crippen LogP contribution in [0.1, 0.15) is 48.9 Å². The lowest BCUT2D eigenvalue weighted by Gasteiger charge is -2.46. The van der Waals surface area contributed by atoms with Gasteiger partial charge in [-0.2, -0.15) is 0 Å². The molecule has 2 fully saturated rings. The molecule has 1 aliphatic heterocycles. The second kappa shape index (κ2) is 7.68. The van der Waals surface area contributed by atoms with Crippen LogP contribution in [0.25, 0.3) is 0 Å². The molecule has 2 aliphatic rings. The van der Waals surface area contributed by atoms with Crippen molar-refractivity contribution in [3.63, 3.8) is 0 Å². The van der Waals surface area contributed by atoms with Crippen LogP contribution in [0.15, 0.2) is 48.5 Å². The van der Waals surface area contributed by atoms with E-state index < -0.39 is 0 Å². The van der Waals surface area contributed by atoms with Gasteiger partial charge in [-0.25, -0.2) is 0 Å². The average molecular weight is 352 g/mol. The molecule has 0 bridgehead atoms. The van der Waals surface area contributed by atoms with E-state index >= 15 is 0 Å². The highest BCUT2D eigenvalue weighted by Crippen LogP contribution is 2.42. The van der Waals surface area contributed by atoms with Crippen molar-refractivity contribution in [2.75, 3.05) is 14.2 Å². The van der Waals surface area contributed by atoms with Crippen molar-refractivity contribution in [2.45, 2.75) is 49.9 Å². The number of piperazine rings is 1. The summed E-state index contributed by atoms with van der Waals surface area (Å²) < 4.78 is 11.4. The molecule has 138 valence electrons. The molecule has 0 amide bonds. The number of fused-ring (bicyclic) bond motifs is 1. The van der Waals surface area contributed by atoms with E-state index in [0.29, 0.717) is 12.1 Å². The highest BCUT2D eigenvalue weighted by atomic mass is 16.5. The van der Waals surface area contributed by atoms with E-state index in [0.717, 1.165) is 11.5 Å². The number of para-hydroxylation sites is 2. The summed E-state index contributed by atoms with van der Waals surface area (Å²) in [5.74, 6) is 1.86. The minimum Gasteiger partial charge on any atom is -0.496 e. The Morgan fingerprint density at radius 3 is 1.54 bits per heavy atom. The van der Waals surface area contributed by atoms with Crippen molar-refractivity contribution in [2.24, 2.45) is 0 Å². The van der Waals surface area contributed by atoms with E-state index in [-0.39, 0.29) is 12.1 Å². The number of ether oxygens (including phenoxy) is 2. The molecule has 4 rings (SSSR count). The van der Waals surface area contributed by atoms with Crippen LogP contribution in [0.3, 0.4) is 0 Å². The van der Waals surface area contributed by atoms with Gasteiger partial charge in [0.25, 0.3) is 0 Å². The summed E-state index contributed by atoms with van der Waals surface area (Å²) in [5, 5.41) is 7.90. The molecule has 4 nitrogen and oxygen atoms in total. The van der Waals surface area contributed by atoms with Gasteiger partial charge in [0.1, 0.15) is 11.5 Å². The topological polar surface area (TPSA) is 42.5 Å². The van der Waals surface area contributed by atoms with Gasteiger partial charge < -0.3 is 20.1 Å². The zero-order valence-corrected chi connectivity index (χ0v) is 15.6. The second-order valence-electron chi connectivity index (χ2n) is 7.27. The maximum atomic E-state index is 5.68. The van der Waals surface area contributed by atoms with Crippen LogP contribution in [-0.2, 0) is 0 Å². The molecule has 0 aromatic heterocycles. The summed E-state index contributed by atoms with van der Waals surface area (Å²) in [4.78, 5) is 0. The van der Waals surface area contributed by atoms with Crippen LogP contribution in [-0.4, -0.2) is 26.3 Å². The summed E-state index contributed by atoms with van der Waals surface area (Å²) in [5.41, 5.74) is 2.39. The Morgan fingerprint density at radius 1 is 0.692 bits per heavy atom. The van der Waals surface area contributed by atoms with Crippen LogP contribution >= 0.6 is 0 Å². The lowest BCUT2D eigenvalue weighted by molar-refractivity contribution is 0.165. The van der Waals surface area contributed by atoms with Gasteiger partial charge in [0.2, 0.25) is 0 Å². The Balaban J connectivity index is 1.76. The third-order valence-corrected chi connectivity index (χ3v) is 5.83. The van der Waals surface area contributed by atoms with Crippen LogP contribution in [0, 0.1) is 0 Å². The predicted molar refractivity (Wildman–Crippen MR) is 104 cm³/mol. The Morgan fingerprint density at radius 2 is 1.12 bits per heavy atom. The summed E-state index contributed by atoms with van der Waals surface area (Å²) in [6, 6.07) is 18.0. The molecule has 26 heavy (non-hydrogen) atoms. The van der Waals surface area contributed by atoms with Crippen molar-refractivity contribution in [1.82, 2.24) is 10.6 Å². The normalized spacial score (nSPS) is 28.2. The molecular formula is C22H28N2O2. The Kier molecular flexibility index (Phi) is 5.14. The first kappa shape index (κ1) is 17.4. The Bertz CT molecular complexity index is 685. The Labute approximate surface area is 155 Å². The number of benzene rings is 2. The second-order valence-corrected chi connectivity index (χ2v) is 7.27. The summed E-state index contributed by atoms with van der Waals surface area (Å²) in [7, 11) is 3.49. The maximum Gasteiger partial charge on any atom is 0.123 e. The zero-order chi connectivity index (χ0) is 17.9. The number of hydrogen-bond donors (Lipinski definition) is 2. The van der Waals surface area contributed by atoms with Gasteiger partial charge in [-0.1, -0.05) is 49.2 Å². The molecule has 0 radical (unpaired) electrons. The zero-order valence-electron chi connectivity index (χ0n) is 15.6. The summed E-state index contributed by atoms with van der Waals surface area (Å²) in [6.45, 7) is 0. The molecular weight excluding hydrogens is 324 g/mol. The van der Waals surface area contributed by atoms with E-state index in [1.165, 1.54) is 36.8 Å². The highest BCUT2D eigenvalue weighted by molar-refractivity contribution is 5.43. The predicted octanol–water partition coefficient (Wildman–Crippen LogP) is 3.99. The molecule has 0 unspecified atom stereocenters. The van der Waals surface area contributed by atoms with E-state index in [2.05, 4.69) is 34.9 Å². The van der Waals surface area contributed by atoms with Crippen LogP contribution < -0.4 is 20.1 Å².